The zero-order valence-corrected chi connectivity index (χ0v) is 20.4. The van der Waals surface area contributed by atoms with Gasteiger partial charge in [0.25, 0.3) is 0 Å². The molecule has 1 saturated heterocycles. The third-order valence-corrected chi connectivity index (χ3v) is 9.37. The Balaban J connectivity index is 1.12. The highest BCUT2D eigenvalue weighted by Crippen LogP contribution is 2.51. The molecular weight excluding hydrogens is 473 g/mol. The van der Waals surface area contributed by atoms with E-state index in [2.05, 4.69) is 39.5 Å². The Morgan fingerprint density at radius 1 is 1.09 bits per heavy atom. The van der Waals surface area contributed by atoms with Crippen molar-refractivity contribution in [3.05, 3.63) is 75.5 Å². The number of hydrogen-bond donors (Lipinski definition) is 2. The maximum atomic E-state index is 6.75. The molecule has 33 heavy (non-hydrogen) atoms. The monoisotopic (exact) mass is 497 g/mol. The van der Waals surface area contributed by atoms with Gasteiger partial charge in [-0.05, 0) is 47.9 Å². The van der Waals surface area contributed by atoms with E-state index < -0.39 is 0 Å². The molecule has 1 aromatic heterocycles. The molecule has 8 heteroatoms. The number of nitrogens with one attached hydrogen (secondary N) is 1. The normalized spacial score (nSPS) is 23.4. The Morgan fingerprint density at radius 2 is 1.91 bits per heavy atom. The molecule has 5 nitrogen and oxygen atoms in total. The molecule has 3 heterocycles. The van der Waals surface area contributed by atoms with Crippen molar-refractivity contribution >= 4 is 40.8 Å². The Labute approximate surface area is 208 Å². The van der Waals surface area contributed by atoms with E-state index in [0.29, 0.717) is 10.0 Å². The average molecular weight is 498 g/mol. The summed E-state index contributed by atoms with van der Waals surface area (Å²) in [5.41, 5.74) is 10.7. The van der Waals surface area contributed by atoms with Crippen LogP contribution < -0.4 is 11.1 Å². The van der Waals surface area contributed by atoms with E-state index in [4.69, 9.17) is 33.9 Å². The first-order valence-corrected chi connectivity index (χ1v) is 12.9. The van der Waals surface area contributed by atoms with Crippen LogP contribution >= 0.6 is 35.0 Å². The standard InChI is InChI=1S/C25H25Cl2N5S/c26-17-6-3-7-19(22(17)27)33-21-14-29-24-18(30-21)12-20(31-24)32-10-8-25(9-11-32)13-15-4-1-2-5-16(15)23(25)28/h1-7,14,20,23H,8-13,28H2,(H,29,31)/t20?,23-/m1/s1. The SMILES string of the molecule is N[C@@H]1c2ccccc2CC12CCN(C1Cc3nc(Sc4cccc(Cl)c4Cl)cnc3N1)CC2. The second-order valence-electron chi connectivity index (χ2n) is 9.27. The maximum absolute atomic E-state index is 6.75. The quantitative estimate of drug-likeness (QED) is 0.493. The van der Waals surface area contributed by atoms with Crippen LogP contribution in [0.25, 0.3) is 0 Å². The third kappa shape index (κ3) is 3.82. The maximum Gasteiger partial charge on any atom is 0.149 e. The Bertz CT molecular complexity index is 1210. The molecule has 0 amide bonds. The lowest BCUT2D eigenvalue weighted by Crippen LogP contribution is -2.49. The minimum atomic E-state index is 0.144. The van der Waals surface area contributed by atoms with Crippen molar-refractivity contribution in [1.29, 1.82) is 0 Å². The lowest BCUT2D eigenvalue weighted by Gasteiger charge is -2.44. The van der Waals surface area contributed by atoms with Gasteiger partial charge >= 0.3 is 0 Å². The van der Waals surface area contributed by atoms with E-state index in [1.54, 1.807) is 12.3 Å². The van der Waals surface area contributed by atoms with Gasteiger partial charge in [0, 0.05) is 30.4 Å². The highest BCUT2D eigenvalue weighted by Gasteiger charge is 2.46. The lowest BCUT2D eigenvalue weighted by atomic mass is 9.73. The van der Waals surface area contributed by atoms with Crippen LogP contribution in [0.15, 0.2) is 58.6 Å². The number of likely N-dealkylation sites (tertiary alicyclic amines) is 1. The zero-order valence-electron chi connectivity index (χ0n) is 18.1. The van der Waals surface area contributed by atoms with Crippen LogP contribution in [0.1, 0.15) is 35.7 Å². The van der Waals surface area contributed by atoms with Crippen LogP contribution in [0, 0.1) is 5.41 Å². The number of nitrogens with two attached hydrogens (primary N) is 1. The highest BCUT2D eigenvalue weighted by molar-refractivity contribution is 7.99. The summed E-state index contributed by atoms with van der Waals surface area (Å²) in [6, 6.07) is 14.5. The van der Waals surface area contributed by atoms with Crippen molar-refractivity contribution in [3.63, 3.8) is 0 Å². The van der Waals surface area contributed by atoms with E-state index in [-0.39, 0.29) is 17.6 Å². The minimum Gasteiger partial charge on any atom is -0.353 e. The van der Waals surface area contributed by atoms with Gasteiger partial charge in [-0.15, -0.1) is 0 Å². The van der Waals surface area contributed by atoms with Gasteiger partial charge in [-0.1, -0.05) is 65.3 Å². The van der Waals surface area contributed by atoms with Crippen molar-refractivity contribution in [3.8, 4) is 0 Å². The first kappa shape index (κ1) is 21.7. The summed E-state index contributed by atoms with van der Waals surface area (Å²) in [4.78, 5) is 12.9. The van der Waals surface area contributed by atoms with Crippen LogP contribution in [0.4, 0.5) is 5.82 Å². The van der Waals surface area contributed by atoms with Gasteiger partial charge in [-0.3, -0.25) is 4.90 Å². The smallest absolute Gasteiger partial charge is 0.149 e. The Kier molecular flexibility index (Phi) is 5.54. The van der Waals surface area contributed by atoms with Crippen LogP contribution in [-0.4, -0.2) is 34.1 Å². The summed E-state index contributed by atoms with van der Waals surface area (Å²) in [6.45, 7) is 2.07. The summed E-state index contributed by atoms with van der Waals surface area (Å²) in [6.07, 6.45) is 6.22. The average Bonchev–Trinajstić information content (AvgIpc) is 3.37. The zero-order chi connectivity index (χ0) is 22.6. The molecule has 2 aromatic carbocycles. The summed E-state index contributed by atoms with van der Waals surface area (Å²) >= 11 is 14.0. The van der Waals surface area contributed by atoms with E-state index in [1.165, 1.54) is 22.9 Å². The summed E-state index contributed by atoms with van der Waals surface area (Å²) in [5.74, 6) is 0.881. The molecule has 0 radical (unpaired) electrons. The van der Waals surface area contributed by atoms with Crippen LogP contribution in [-0.2, 0) is 12.8 Å². The summed E-state index contributed by atoms with van der Waals surface area (Å²) in [5, 5.41) is 5.51. The predicted octanol–water partition coefficient (Wildman–Crippen LogP) is 5.57. The van der Waals surface area contributed by atoms with Gasteiger partial charge in [0.1, 0.15) is 10.8 Å². The molecule has 1 spiro atoms. The van der Waals surface area contributed by atoms with E-state index in [9.17, 15) is 0 Å². The first-order valence-electron chi connectivity index (χ1n) is 11.3. The number of anilines is 1. The molecule has 1 unspecified atom stereocenters. The molecule has 170 valence electrons. The molecule has 3 aliphatic rings. The molecule has 0 saturated carbocycles. The van der Waals surface area contributed by atoms with Gasteiger partial charge in [0.05, 0.1) is 28.1 Å². The summed E-state index contributed by atoms with van der Waals surface area (Å²) in [7, 11) is 0. The Hall–Kier alpha value is -1.83. The lowest BCUT2D eigenvalue weighted by molar-refractivity contribution is 0.0702. The van der Waals surface area contributed by atoms with Crippen molar-refractivity contribution < 1.29 is 0 Å². The van der Waals surface area contributed by atoms with Gasteiger partial charge < -0.3 is 11.1 Å². The largest absolute Gasteiger partial charge is 0.353 e. The topological polar surface area (TPSA) is 67.1 Å². The predicted molar refractivity (Wildman–Crippen MR) is 134 cm³/mol. The molecule has 3 aromatic rings. The van der Waals surface area contributed by atoms with E-state index in [0.717, 1.165) is 60.2 Å². The number of fused-ring (bicyclic) bond motifs is 2. The number of halogens is 2. The van der Waals surface area contributed by atoms with Gasteiger partial charge in [-0.2, -0.15) is 0 Å². The minimum absolute atomic E-state index is 0.144. The number of hydrogen-bond acceptors (Lipinski definition) is 6. The second kappa shape index (κ2) is 8.43. The number of nitrogens with zero attached hydrogens (tertiary/aromatic N) is 3. The van der Waals surface area contributed by atoms with Crippen molar-refractivity contribution in [2.24, 2.45) is 11.1 Å². The summed E-state index contributed by atoms with van der Waals surface area (Å²) < 4.78 is 0. The highest BCUT2D eigenvalue weighted by atomic mass is 35.5. The van der Waals surface area contributed by atoms with Crippen LogP contribution in [0.5, 0.6) is 0 Å². The van der Waals surface area contributed by atoms with Crippen LogP contribution in [0.2, 0.25) is 10.0 Å². The third-order valence-electron chi connectivity index (χ3n) is 7.47. The number of rotatable bonds is 3. The fourth-order valence-electron chi connectivity index (χ4n) is 5.60. The molecule has 6 rings (SSSR count). The molecular formula is C25H25Cl2N5S. The number of benzene rings is 2. The molecule has 3 N–H and O–H groups in total. The van der Waals surface area contributed by atoms with E-state index >= 15 is 0 Å². The van der Waals surface area contributed by atoms with Crippen molar-refractivity contribution in [1.82, 2.24) is 14.9 Å². The van der Waals surface area contributed by atoms with Crippen molar-refractivity contribution in [2.75, 3.05) is 18.4 Å². The first-order chi connectivity index (χ1) is 16.0. The molecule has 0 bridgehead atoms. The molecule has 2 atom stereocenters. The molecule has 1 aliphatic carbocycles. The molecule has 2 aliphatic heterocycles. The number of piperidine rings is 1. The Morgan fingerprint density at radius 3 is 2.73 bits per heavy atom. The van der Waals surface area contributed by atoms with Crippen LogP contribution in [0.3, 0.4) is 0 Å². The van der Waals surface area contributed by atoms with Crippen molar-refractivity contribution in [2.45, 2.75) is 47.8 Å². The fraction of sp³-hybridized carbons (Fsp3) is 0.360. The fourth-order valence-corrected chi connectivity index (χ4v) is 6.90. The molecule has 1 fully saturated rings. The van der Waals surface area contributed by atoms with Gasteiger partial charge in [0.2, 0.25) is 0 Å². The number of aromatic nitrogens is 2. The van der Waals surface area contributed by atoms with Gasteiger partial charge in [0.15, 0.2) is 0 Å². The second-order valence-corrected chi connectivity index (χ2v) is 11.1. The van der Waals surface area contributed by atoms with E-state index in [1.807, 2.05) is 12.1 Å². The van der Waals surface area contributed by atoms with Gasteiger partial charge in [-0.25, -0.2) is 9.97 Å².